The number of hydrogen-bond donors (Lipinski definition) is 2. The van der Waals surface area contributed by atoms with E-state index in [2.05, 4.69) is 10.9 Å². The molecule has 3 aromatic rings. The lowest BCUT2D eigenvalue weighted by molar-refractivity contribution is -0.123. The van der Waals surface area contributed by atoms with Crippen LogP contribution in [-0.4, -0.2) is 18.4 Å². The molecular formula is C18H13ClN2O5. The second-order valence-corrected chi connectivity index (χ2v) is 5.69. The van der Waals surface area contributed by atoms with Crippen molar-refractivity contribution in [2.45, 2.75) is 0 Å². The highest BCUT2D eigenvalue weighted by Crippen LogP contribution is 2.19. The van der Waals surface area contributed by atoms with Gasteiger partial charge in [0.05, 0.1) is 0 Å². The van der Waals surface area contributed by atoms with Gasteiger partial charge in [0, 0.05) is 28.1 Å². The molecule has 2 aromatic carbocycles. The maximum atomic E-state index is 11.9. The van der Waals surface area contributed by atoms with E-state index in [1.165, 1.54) is 24.3 Å². The summed E-state index contributed by atoms with van der Waals surface area (Å²) in [5, 5.41) is 1.24. The molecule has 0 radical (unpaired) electrons. The molecule has 0 fully saturated rings. The summed E-state index contributed by atoms with van der Waals surface area (Å²) in [7, 11) is 0. The summed E-state index contributed by atoms with van der Waals surface area (Å²) in [6.07, 6.45) is 0. The van der Waals surface area contributed by atoms with E-state index in [1.54, 1.807) is 30.3 Å². The first-order chi connectivity index (χ1) is 12.5. The van der Waals surface area contributed by atoms with Gasteiger partial charge in [-0.1, -0.05) is 11.6 Å². The van der Waals surface area contributed by atoms with Crippen LogP contribution in [0.3, 0.4) is 0 Å². The molecule has 8 heteroatoms. The third-order valence-corrected chi connectivity index (χ3v) is 3.64. The molecule has 26 heavy (non-hydrogen) atoms. The fourth-order valence-electron chi connectivity index (χ4n) is 2.12. The summed E-state index contributed by atoms with van der Waals surface area (Å²) < 4.78 is 10.4. The molecule has 1 aromatic heterocycles. The summed E-state index contributed by atoms with van der Waals surface area (Å²) in [5.74, 6) is -0.685. The van der Waals surface area contributed by atoms with Crippen LogP contribution in [0.25, 0.3) is 11.0 Å². The molecule has 0 bridgehead atoms. The Morgan fingerprint density at radius 3 is 2.50 bits per heavy atom. The largest absolute Gasteiger partial charge is 0.484 e. The zero-order chi connectivity index (χ0) is 18.5. The molecule has 0 aliphatic carbocycles. The summed E-state index contributed by atoms with van der Waals surface area (Å²) in [6.45, 7) is -0.330. The predicted octanol–water partition coefficient (Wildman–Crippen LogP) is 2.29. The van der Waals surface area contributed by atoms with Crippen molar-refractivity contribution < 1.29 is 18.7 Å². The number of ether oxygens (including phenoxy) is 1. The highest BCUT2D eigenvalue weighted by Gasteiger charge is 2.08. The van der Waals surface area contributed by atoms with Gasteiger partial charge in [-0.15, -0.1) is 0 Å². The lowest BCUT2D eigenvalue weighted by Gasteiger charge is -2.09. The molecule has 0 spiro atoms. The molecule has 0 aliphatic heterocycles. The van der Waals surface area contributed by atoms with Crippen molar-refractivity contribution in [3.8, 4) is 5.75 Å². The molecule has 2 amide bonds. The zero-order valence-corrected chi connectivity index (χ0v) is 14.1. The molecule has 0 saturated carbocycles. The second kappa shape index (κ2) is 7.71. The van der Waals surface area contributed by atoms with Gasteiger partial charge in [-0.25, -0.2) is 4.79 Å². The first-order valence-corrected chi connectivity index (χ1v) is 7.90. The average molecular weight is 373 g/mol. The number of hydrogen-bond acceptors (Lipinski definition) is 5. The van der Waals surface area contributed by atoms with Gasteiger partial charge in [0.25, 0.3) is 11.8 Å². The van der Waals surface area contributed by atoms with Crippen molar-refractivity contribution in [2.75, 3.05) is 6.61 Å². The van der Waals surface area contributed by atoms with E-state index in [4.69, 9.17) is 20.8 Å². The number of amides is 2. The maximum Gasteiger partial charge on any atom is 0.336 e. The smallest absolute Gasteiger partial charge is 0.336 e. The van der Waals surface area contributed by atoms with Crippen LogP contribution >= 0.6 is 11.6 Å². The minimum absolute atomic E-state index is 0.330. The fraction of sp³-hybridized carbons (Fsp3) is 0.0556. The number of nitrogens with one attached hydrogen (secondary N) is 2. The van der Waals surface area contributed by atoms with Gasteiger partial charge in [-0.3, -0.25) is 20.4 Å². The van der Waals surface area contributed by atoms with E-state index in [9.17, 15) is 14.4 Å². The number of halogens is 1. The van der Waals surface area contributed by atoms with Gasteiger partial charge in [0.2, 0.25) is 0 Å². The van der Waals surface area contributed by atoms with E-state index in [1.807, 2.05) is 0 Å². The number of carbonyl (C=O) groups excluding carboxylic acids is 2. The molecular weight excluding hydrogens is 360 g/mol. The fourth-order valence-corrected chi connectivity index (χ4v) is 2.24. The minimum Gasteiger partial charge on any atom is -0.484 e. The molecule has 0 atom stereocenters. The van der Waals surface area contributed by atoms with Gasteiger partial charge >= 0.3 is 5.63 Å². The summed E-state index contributed by atoms with van der Waals surface area (Å²) >= 11 is 5.75. The van der Waals surface area contributed by atoms with E-state index >= 15 is 0 Å². The van der Waals surface area contributed by atoms with Crippen LogP contribution in [0.5, 0.6) is 5.75 Å². The SMILES string of the molecule is O=C(COc1ccc2ccc(=O)oc2c1)NNC(=O)c1ccc(Cl)cc1. The van der Waals surface area contributed by atoms with Crippen LogP contribution < -0.4 is 21.2 Å². The van der Waals surface area contributed by atoms with Crippen molar-refractivity contribution in [3.63, 3.8) is 0 Å². The molecule has 0 aliphatic rings. The van der Waals surface area contributed by atoms with Gasteiger partial charge in [-0.05, 0) is 42.5 Å². The van der Waals surface area contributed by atoms with E-state index in [0.717, 1.165) is 5.39 Å². The van der Waals surface area contributed by atoms with Crippen LogP contribution in [0.4, 0.5) is 0 Å². The third kappa shape index (κ3) is 4.40. The molecule has 0 unspecified atom stereocenters. The van der Waals surface area contributed by atoms with Crippen LogP contribution in [0.1, 0.15) is 10.4 Å². The first-order valence-electron chi connectivity index (χ1n) is 7.53. The molecule has 7 nitrogen and oxygen atoms in total. The number of fused-ring (bicyclic) bond motifs is 1. The van der Waals surface area contributed by atoms with E-state index < -0.39 is 17.4 Å². The number of rotatable bonds is 4. The van der Waals surface area contributed by atoms with Gasteiger partial charge in [0.1, 0.15) is 11.3 Å². The second-order valence-electron chi connectivity index (χ2n) is 5.25. The zero-order valence-electron chi connectivity index (χ0n) is 13.3. The summed E-state index contributed by atoms with van der Waals surface area (Å²) in [6, 6.07) is 14.0. The lowest BCUT2D eigenvalue weighted by Crippen LogP contribution is -2.43. The Labute approximate surface area is 152 Å². The van der Waals surface area contributed by atoms with Crippen molar-refractivity contribution in [2.24, 2.45) is 0 Å². The van der Waals surface area contributed by atoms with Gasteiger partial charge < -0.3 is 9.15 Å². The number of benzene rings is 2. The van der Waals surface area contributed by atoms with Crippen LogP contribution in [0.2, 0.25) is 5.02 Å². The first kappa shape index (κ1) is 17.5. The average Bonchev–Trinajstić information content (AvgIpc) is 2.64. The Morgan fingerprint density at radius 1 is 1.00 bits per heavy atom. The Bertz CT molecular complexity index is 1010. The van der Waals surface area contributed by atoms with Crippen LogP contribution in [0, 0.1) is 0 Å². The van der Waals surface area contributed by atoms with E-state index in [0.29, 0.717) is 21.9 Å². The monoisotopic (exact) mass is 372 g/mol. The Hall–Kier alpha value is -3.32. The summed E-state index contributed by atoms with van der Waals surface area (Å²) in [4.78, 5) is 34.9. The summed E-state index contributed by atoms with van der Waals surface area (Å²) in [5.41, 5.74) is 4.74. The Morgan fingerprint density at radius 2 is 1.73 bits per heavy atom. The number of carbonyl (C=O) groups is 2. The van der Waals surface area contributed by atoms with Crippen LogP contribution in [-0.2, 0) is 4.79 Å². The number of hydrazine groups is 1. The molecule has 2 N–H and O–H groups in total. The highest BCUT2D eigenvalue weighted by atomic mass is 35.5. The van der Waals surface area contributed by atoms with Crippen LogP contribution in [0.15, 0.2) is 63.8 Å². The molecule has 1 heterocycles. The molecule has 132 valence electrons. The van der Waals surface area contributed by atoms with Gasteiger partial charge in [0.15, 0.2) is 6.61 Å². The maximum absolute atomic E-state index is 11.9. The Kier molecular flexibility index (Phi) is 5.19. The van der Waals surface area contributed by atoms with Crippen molar-refractivity contribution in [1.29, 1.82) is 0 Å². The topological polar surface area (TPSA) is 97.6 Å². The minimum atomic E-state index is -0.554. The molecule has 3 rings (SSSR count). The van der Waals surface area contributed by atoms with Crippen molar-refractivity contribution in [3.05, 3.63) is 75.6 Å². The van der Waals surface area contributed by atoms with E-state index in [-0.39, 0.29) is 6.61 Å². The Balaban J connectivity index is 1.53. The van der Waals surface area contributed by atoms with Crippen molar-refractivity contribution >= 4 is 34.4 Å². The predicted molar refractivity (Wildman–Crippen MR) is 95.0 cm³/mol. The standard InChI is InChI=1S/C18H13ClN2O5/c19-13-5-1-12(2-6-13)18(24)21-20-16(22)10-25-14-7-3-11-4-8-17(23)26-15(11)9-14/h1-9H,10H2,(H,20,22)(H,21,24). The van der Waals surface area contributed by atoms with Crippen molar-refractivity contribution in [1.82, 2.24) is 10.9 Å². The normalized spacial score (nSPS) is 10.3. The van der Waals surface area contributed by atoms with Gasteiger partial charge in [-0.2, -0.15) is 0 Å². The molecule has 0 saturated heterocycles. The quantitative estimate of drug-likeness (QED) is 0.541. The lowest BCUT2D eigenvalue weighted by atomic mass is 10.2. The third-order valence-electron chi connectivity index (χ3n) is 3.39. The highest BCUT2D eigenvalue weighted by molar-refractivity contribution is 6.30.